The van der Waals surface area contributed by atoms with E-state index in [4.69, 9.17) is 4.74 Å². The summed E-state index contributed by atoms with van der Waals surface area (Å²) < 4.78 is 5.19. The Morgan fingerprint density at radius 3 is 3.00 bits per heavy atom. The molecule has 2 aliphatic rings. The lowest BCUT2D eigenvalue weighted by molar-refractivity contribution is 0.138. The molecule has 1 aromatic rings. The molecular formula is C16H22N2O2. The standard InChI is InChI=1S/C16H22N2O2/c1-20-14-8-3-7-13(11-14)17-16(19)18-10-4-6-12-5-2-9-15(12)18/h3,7-8,11-12,15H,2,4-6,9-10H2,1H3,(H,17,19)/t12-,15-/m1/s1. The van der Waals surface area contributed by atoms with E-state index in [1.54, 1.807) is 7.11 Å². The van der Waals surface area contributed by atoms with Crippen LogP contribution in [0.4, 0.5) is 10.5 Å². The van der Waals surface area contributed by atoms with Gasteiger partial charge in [-0.15, -0.1) is 0 Å². The molecule has 0 aromatic heterocycles. The molecule has 0 unspecified atom stereocenters. The van der Waals surface area contributed by atoms with Crippen molar-refractivity contribution in [1.82, 2.24) is 4.90 Å². The van der Waals surface area contributed by atoms with Gasteiger partial charge in [-0.3, -0.25) is 0 Å². The van der Waals surface area contributed by atoms with Crippen LogP contribution in [0.1, 0.15) is 32.1 Å². The molecule has 1 heterocycles. The molecule has 1 saturated heterocycles. The summed E-state index contributed by atoms with van der Waals surface area (Å²) >= 11 is 0. The molecule has 4 nitrogen and oxygen atoms in total. The Kier molecular flexibility index (Phi) is 3.81. The van der Waals surface area contributed by atoms with E-state index in [1.165, 1.54) is 19.3 Å². The summed E-state index contributed by atoms with van der Waals surface area (Å²) in [6.45, 7) is 0.886. The monoisotopic (exact) mass is 274 g/mol. The minimum atomic E-state index is 0.0369. The SMILES string of the molecule is COc1cccc(NC(=O)N2CCC[C@H]3CCC[C@H]32)c1. The first-order valence-electron chi connectivity index (χ1n) is 7.49. The van der Waals surface area contributed by atoms with E-state index < -0.39 is 0 Å². The number of rotatable bonds is 2. The van der Waals surface area contributed by atoms with Crippen LogP contribution in [0.2, 0.25) is 0 Å². The quantitative estimate of drug-likeness (QED) is 0.897. The van der Waals surface area contributed by atoms with Gasteiger partial charge in [0.1, 0.15) is 5.75 Å². The number of ether oxygens (including phenoxy) is 1. The van der Waals surface area contributed by atoms with Crippen LogP contribution in [0, 0.1) is 5.92 Å². The second-order valence-corrected chi connectivity index (χ2v) is 5.76. The number of likely N-dealkylation sites (tertiary alicyclic amines) is 1. The highest BCUT2D eigenvalue weighted by atomic mass is 16.5. The summed E-state index contributed by atoms with van der Waals surface area (Å²) in [6.07, 6.45) is 6.13. The summed E-state index contributed by atoms with van der Waals surface area (Å²) in [6, 6.07) is 8.01. The Hall–Kier alpha value is -1.71. The van der Waals surface area contributed by atoms with E-state index in [0.29, 0.717) is 6.04 Å². The number of carbonyl (C=O) groups excluding carboxylic acids is 1. The lowest BCUT2D eigenvalue weighted by atomic mass is 9.92. The first-order chi connectivity index (χ1) is 9.78. The topological polar surface area (TPSA) is 41.6 Å². The third kappa shape index (κ3) is 2.60. The maximum atomic E-state index is 12.5. The number of anilines is 1. The molecule has 108 valence electrons. The number of benzene rings is 1. The summed E-state index contributed by atoms with van der Waals surface area (Å²) in [5, 5.41) is 3.01. The van der Waals surface area contributed by atoms with Crippen LogP contribution in [0.25, 0.3) is 0 Å². The number of nitrogens with zero attached hydrogens (tertiary/aromatic N) is 1. The Bertz CT molecular complexity index is 489. The number of carbonyl (C=O) groups is 1. The zero-order valence-electron chi connectivity index (χ0n) is 12.0. The normalized spacial score (nSPS) is 25.1. The Labute approximate surface area is 120 Å². The third-order valence-electron chi connectivity index (χ3n) is 4.58. The van der Waals surface area contributed by atoms with Gasteiger partial charge < -0.3 is 15.0 Å². The fourth-order valence-corrected chi connectivity index (χ4v) is 3.60. The third-order valence-corrected chi connectivity index (χ3v) is 4.58. The van der Waals surface area contributed by atoms with Gasteiger partial charge in [0.2, 0.25) is 0 Å². The Morgan fingerprint density at radius 1 is 1.30 bits per heavy atom. The molecule has 20 heavy (non-hydrogen) atoms. The van der Waals surface area contributed by atoms with Gasteiger partial charge in [0.05, 0.1) is 7.11 Å². The zero-order valence-corrected chi connectivity index (χ0v) is 12.0. The average Bonchev–Trinajstić information content (AvgIpc) is 2.95. The van der Waals surface area contributed by atoms with E-state index in [-0.39, 0.29) is 6.03 Å². The molecule has 0 bridgehead atoms. The highest BCUT2D eigenvalue weighted by molar-refractivity contribution is 5.89. The van der Waals surface area contributed by atoms with Crippen LogP contribution < -0.4 is 10.1 Å². The molecule has 1 aliphatic carbocycles. The molecule has 3 rings (SSSR count). The van der Waals surface area contributed by atoms with Crippen molar-refractivity contribution in [3.63, 3.8) is 0 Å². The highest BCUT2D eigenvalue weighted by Gasteiger charge is 2.37. The summed E-state index contributed by atoms with van der Waals surface area (Å²) in [5.74, 6) is 1.49. The van der Waals surface area contributed by atoms with E-state index in [0.717, 1.165) is 36.7 Å². The number of amides is 2. The van der Waals surface area contributed by atoms with Gasteiger partial charge in [0.15, 0.2) is 0 Å². The number of fused-ring (bicyclic) bond motifs is 1. The van der Waals surface area contributed by atoms with Crippen molar-refractivity contribution in [3.05, 3.63) is 24.3 Å². The van der Waals surface area contributed by atoms with Crippen molar-refractivity contribution in [2.24, 2.45) is 5.92 Å². The van der Waals surface area contributed by atoms with Gasteiger partial charge in [-0.05, 0) is 43.7 Å². The van der Waals surface area contributed by atoms with E-state index in [1.807, 2.05) is 29.2 Å². The van der Waals surface area contributed by atoms with Crippen molar-refractivity contribution in [2.45, 2.75) is 38.1 Å². The van der Waals surface area contributed by atoms with Gasteiger partial charge in [-0.2, -0.15) is 0 Å². The Morgan fingerprint density at radius 2 is 2.15 bits per heavy atom. The highest BCUT2D eigenvalue weighted by Crippen LogP contribution is 2.37. The lowest BCUT2D eigenvalue weighted by Crippen LogP contribution is -2.48. The molecule has 4 heteroatoms. The number of urea groups is 1. The molecule has 1 aliphatic heterocycles. The van der Waals surface area contributed by atoms with Crippen LogP contribution in [-0.2, 0) is 0 Å². The van der Waals surface area contributed by atoms with Gasteiger partial charge in [-0.25, -0.2) is 4.79 Å². The number of hydrogen-bond acceptors (Lipinski definition) is 2. The van der Waals surface area contributed by atoms with Gasteiger partial charge >= 0.3 is 6.03 Å². The molecule has 1 saturated carbocycles. The zero-order chi connectivity index (χ0) is 13.9. The molecule has 0 spiro atoms. The van der Waals surface area contributed by atoms with Crippen molar-refractivity contribution in [1.29, 1.82) is 0 Å². The predicted molar refractivity (Wildman–Crippen MR) is 79.1 cm³/mol. The molecular weight excluding hydrogens is 252 g/mol. The van der Waals surface area contributed by atoms with Crippen molar-refractivity contribution < 1.29 is 9.53 Å². The number of piperidine rings is 1. The van der Waals surface area contributed by atoms with Crippen molar-refractivity contribution in [2.75, 3.05) is 19.0 Å². The smallest absolute Gasteiger partial charge is 0.322 e. The average molecular weight is 274 g/mol. The first-order valence-corrected chi connectivity index (χ1v) is 7.49. The van der Waals surface area contributed by atoms with Crippen molar-refractivity contribution >= 4 is 11.7 Å². The Balaban J connectivity index is 1.68. The second kappa shape index (κ2) is 5.73. The molecule has 2 amide bonds. The van der Waals surface area contributed by atoms with E-state index in [2.05, 4.69) is 5.32 Å². The molecule has 2 atom stereocenters. The largest absolute Gasteiger partial charge is 0.497 e. The van der Waals surface area contributed by atoms with Gasteiger partial charge in [-0.1, -0.05) is 12.5 Å². The lowest BCUT2D eigenvalue weighted by Gasteiger charge is -2.37. The van der Waals surface area contributed by atoms with E-state index in [9.17, 15) is 4.79 Å². The first kappa shape index (κ1) is 13.3. The van der Waals surface area contributed by atoms with Crippen LogP contribution in [0.3, 0.4) is 0 Å². The number of hydrogen-bond donors (Lipinski definition) is 1. The fourth-order valence-electron chi connectivity index (χ4n) is 3.60. The van der Waals surface area contributed by atoms with Gasteiger partial charge in [0.25, 0.3) is 0 Å². The van der Waals surface area contributed by atoms with Crippen molar-refractivity contribution in [3.8, 4) is 5.75 Å². The second-order valence-electron chi connectivity index (χ2n) is 5.76. The molecule has 1 aromatic carbocycles. The summed E-state index contributed by atoms with van der Waals surface area (Å²) in [7, 11) is 1.63. The summed E-state index contributed by atoms with van der Waals surface area (Å²) in [5.41, 5.74) is 0.800. The summed E-state index contributed by atoms with van der Waals surface area (Å²) in [4.78, 5) is 14.5. The molecule has 2 fully saturated rings. The fraction of sp³-hybridized carbons (Fsp3) is 0.562. The maximum absolute atomic E-state index is 12.5. The minimum Gasteiger partial charge on any atom is -0.497 e. The van der Waals surface area contributed by atoms with Crippen LogP contribution in [0.5, 0.6) is 5.75 Å². The number of nitrogens with one attached hydrogen (secondary N) is 1. The van der Waals surface area contributed by atoms with Gasteiger partial charge in [0, 0.05) is 24.3 Å². The molecule has 0 radical (unpaired) electrons. The van der Waals surface area contributed by atoms with Crippen LogP contribution >= 0.6 is 0 Å². The number of methoxy groups -OCH3 is 1. The maximum Gasteiger partial charge on any atom is 0.322 e. The molecule has 1 N–H and O–H groups in total. The minimum absolute atomic E-state index is 0.0369. The van der Waals surface area contributed by atoms with Crippen LogP contribution in [-0.4, -0.2) is 30.6 Å². The van der Waals surface area contributed by atoms with E-state index >= 15 is 0 Å². The van der Waals surface area contributed by atoms with Crippen LogP contribution in [0.15, 0.2) is 24.3 Å². The predicted octanol–water partition coefficient (Wildman–Crippen LogP) is 3.49.